The van der Waals surface area contributed by atoms with Gasteiger partial charge in [0.25, 0.3) is 5.91 Å². The highest BCUT2D eigenvalue weighted by Crippen LogP contribution is 2.41. The number of fused-ring (bicyclic) bond motifs is 1. The van der Waals surface area contributed by atoms with Crippen molar-refractivity contribution < 1.29 is 14.0 Å². The first kappa shape index (κ1) is 15.5. The Balaban J connectivity index is 1.52. The van der Waals surface area contributed by atoms with Gasteiger partial charge in [-0.05, 0) is 49.8 Å². The van der Waals surface area contributed by atoms with Gasteiger partial charge >= 0.3 is 0 Å². The summed E-state index contributed by atoms with van der Waals surface area (Å²) < 4.78 is 14.6. The van der Waals surface area contributed by atoms with Crippen molar-refractivity contribution in [2.45, 2.75) is 62.8 Å². The van der Waals surface area contributed by atoms with Crippen molar-refractivity contribution in [2.24, 2.45) is 0 Å². The van der Waals surface area contributed by atoms with Gasteiger partial charge in [0.15, 0.2) is 5.67 Å². The fourth-order valence-corrected chi connectivity index (χ4v) is 4.25. The average molecular weight is 331 g/mol. The lowest BCUT2D eigenvalue weighted by atomic mass is 9.80. The summed E-state index contributed by atoms with van der Waals surface area (Å²) in [5.74, 6) is -0.222. The van der Waals surface area contributed by atoms with E-state index in [1.807, 2.05) is 17.0 Å². The van der Waals surface area contributed by atoms with Crippen LogP contribution in [0.4, 0.5) is 4.39 Å². The van der Waals surface area contributed by atoms with E-state index in [-0.39, 0.29) is 23.9 Å². The molecule has 0 bridgehead atoms. The summed E-state index contributed by atoms with van der Waals surface area (Å²) >= 11 is 0. The number of carbonyl (C=O) groups is 2. The average Bonchev–Trinajstić information content (AvgIpc) is 2.99. The number of halogens is 1. The zero-order valence-corrected chi connectivity index (χ0v) is 13.7. The van der Waals surface area contributed by atoms with Crippen LogP contribution in [-0.4, -0.2) is 50.9 Å². The summed E-state index contributed by atoms with van der Waals surface area (Å²) in [7, 11) is 0. The maximum Gasteiger partial charge on any atom is 0.260 e. The molecule has 4 rings (SSSR count). The van der Waals surface area contributed by atoms with Gasteiger partial charge in [0.2, 0.25) is 5.91 Å². The predicted octanol–water partition coefficient (Wildman–Crippen LogP) is 2.07. The van der Waals surface area contributed by atoms with Gasteiger partial charge < -0.3 is 9.80 Å². The third-order valence-corrected chi connectivity index (χ3v) is 5.78. The zero-order chi connectivity index (χ0) is 16.7. The number of hydrogen-bond acceptors (Lipinski definition) is 3. The molecule has 1 saturated carbocycles. The normalized spacial score (nSPS) is 28.5. The van der Waals surface area contributed by atoms with E-state index in [1.165, 1.54) is 0 Å². The van der Waals surface area contributed by atoms with Crippen molar-refractivity contribution >= 4 is 11.8 Å². The molecule has 3 fully saturated rings. The number of amides is 2. The summed E-state index contributed by atoms with van der Waals surface area (Å²) in [4.78, 5) is 32.6. The van der Waals surface area contributed by atoms with Crippen molar-refractivity contribution in [3.8, 4) is 0 Å². The standard InChI is InChI=1S/C18H22FN3O2/c19-18(7-1-8-18)17(24)21-11-6-15-14(21)2-3-16(23)22(15)12-13-4-9-20-10-5-13/h4-5,9-10,14-15H,1-3,6-8,11-12H2/t14-,15-/m1/s1. The highest BCUT2D eigenvalue weighted by Gasteiger charge is 2.52. The van der Waals surface area contributed by atoms with Crippen LogP contribution in [0.2, 0.25) is 0 Å². The molecule has 1 aliphatic carbocycles. The molecule has 0 unspecified atom stereocenters. The monoisotopic (exact) mass is 331 g/mol. The Kier molecular flexibility index (Phi) is 3.77. The number of hydrogen-bond donors (Lipinski definition) is 0. The van der Waals surface area contributed by atoms with Crippen LogP contribution in [0.1, 0.15) is 44.1 Å². The van der Waals surface area contributed by atoms with E-state index in [1.54, 1.807) is 17.3 Å². The molecule has 3 aliphatic rings. The van der Waals surface area contributed by atoms with Crippen LogP contribution in [0.15, 0.2) is 24.5 Å². The molecular formula is C18H22FN3O2. The van der Waals surface area contributed by atoms with Crippen LogP contribution in [0, 0.1) is 0 Å². The highest BCUT2D eigenvalue weighted by molar-refractivity contribution is 5.87. The second kappa shape index (κ2) is 5.83. The van der Waals surface area contributed by atoms with Crippen molar-refractivity contribution in [1.29, 1.82) is 0 Å². The first-order valence-electron chi connectivity index (χ1n) is 8.77. The van der Waals surface area contributed by atoms with Crippen LogP contribution < -0.4 is 0 Å². The van der Waals surface area contributed by atoms with Crippen molar-refractivity contribution in [1.82, 2.24) is 14.8 Å². The SMILES string of the molecule is O=C1CC[C@@H]2[C@@H](CCN2C(=O)C2(F)CCC2)N1Cc1ccncc1. The van der Waals surface area contributed by atoms with E-state index in [0.717, 1.165) is 18.4 Å². The minimum Gasteiger partial charge on any atom is -0.335 e. The molecule has 2 amide bonds. The number of piperidine rings is 1. The summed E-state index contributed by atoms with van der Waals surface area (Å²) in [6.45, 7) is 1.09. The van der Waals surface area contributed by atoms with Gasteiger partial charge in [0, 0.05) is 31.9 Å². The van der Waals surface area contributed by atoms with E-state index >= 15 is 0 Å². The maximum absolute atomic E-state index is 14.6. The van der Waals surface area contributed by atoms with E-state index in [0.29, 0.717) is 38.8 Å². The van der Waals surface area contributed by atoms with Gasteiger partial charge in [0.1, 0.15) is 0 Å². The molecule has 0 spiro atoms. The number of rotatable bonds is 3. The molecule has 0 aromatic carbocycles. The molecule has 1 aromatic rings. The Morgan fingerprint density at radius 1 is 1.25 bits per heavy atom. The quantitative estimate of drug-likeness (QED) is 0.852. The Morgan fingerprint density at radius 3 is 2.67 bits per heavy atom. The maximum atomic E-state index is 14.6. The van der Waals surface area contributed by atoms with E-state index in [2.05, 4.69) is 4.98 Å². The van der Waals surface area contributed by atoms with Crippen molar-refractivity contribution in [3.05, 3.63) is 30.1 Å². The first-order valence-corrected chi connectivity index (χ1v) is 8.77. The predicted molar refractivity (Wildman–Crippen MR) is 85.6 cm³/mol. The molecule has 6 heteroatoms. The summed E-state index contributed by atoms with van der Waals surface area (Å²) in [5, 5.41) is 0. The van der Waals surface area contributed by atoms with Crippen LogP contribution in [0.5, 0.6) is 0 Å². The number of likely N-dealkylation sites (tertiary alicyclic amines) is 2. The van der Waals surface area contributed by atoms with E-state index in [9.17, 15) is 14.0 Å². The molecule has 2 saturated heterocycles. The lowest BCUT2D eigenvalue weighted by molar-refractivity contribution is -0.154. The van der Waals surface area contributed by atoms with Crippen molar-refractivity contribution in [2.75, 3.05) is 6.54 Å². The third-order valence-electron chi connectivity index (χ3n) is 5.78. The summed E-state index contributed by atoms with van der Waals surface area (Å²) in [6, 6.07) is 3.77. The van der Waals surface area contributed by atoms with E-state index in [4.69, 9.17) is 0 Å². The second-order valence-electron chi connectivity index (χ2n) is 7.16. The van der Waals surface area contributed by atoms with E-state index < -0.39 is 5.67 Å². The number of aromatic nitrogens is 1. The number of pyridine rings is 1. The lowest BCUT2D eigenvalue weighted by Crippen LogP contribution is -2.57. The van der Waals surface area contributed by atoms with Crippen LogP contribution in [0.25, 0.3) is 0 Å². The summed E-state index contributed by atoms with van der Waals surface area (Å²) in [6.07, 6.45) is 6.73. The van der Waals surface area contributed by atoms with Gasteiger partial charge in [-0.15, -0.1) is 0 Å². The number of carbonyl (C=O) groups excluding carboxylic acids is 2. The Hall–Kier alpha value is -1.98. The fourth-order valence-electron chi connectivity index (χ4n) is 4.25. The molecule has 24 heavy (non-hydrogen) atoms. The second-order valence-corrected chi connectivity index (χ2v) is 7.16. The number of alkyl halides is 1. The molecule has 2 aliphatic heterocycles. The molecule has 0 N–H and O–H groups in total. The lowest BCUT2D eigenvalue weighted by Gasteiger charge is -2.42. The first-order chi connectivity index (χ1) is 11.6. The molecule has 2 atom stereocenters. The molecular weight excluding hydrogens is 309 g/mol. The molecule has 1 aromatic heterocycles. The third kappa shape index (κ3) is 2.48. The van der Waals surface area contributed by atoms with Gasteiger partial charge in [-0.25, -0.2) is 4.39 Å². The largest absolute Gasteiger partial charge is 0.335 e. The van der Waals surface area contributed by atoms with Gasteiger partial charge in [-0.2, -0.15) is 0 Å². The Labute approximate surface area is 140 Å². The van der Waals surface area contributed by atoms with Crippen LogP contribution in [-0.2, 0) is 16.1 Å². The minimum absolute atomic E-state index is 0.00652. The van der Waals surface area contributed by atoms with Gasteiger partial charge in [-0.3, -0.25) is 14.6 Å². The molecule has 0 radical (unpaired) electrons. The van der Waals surface area contributed by atoms with Crippen molar-refractivity contribution in [3.63, 3.8) is 0 Å². The fraction of sp³-hybridized carbons (Fsp3) is 0.611. The minimum atomic E-state index is -1.65. The summed E-state index contributed by atoms with van der Waals surface area (Å²) in [5.41, 5.74) is -0.614. The number of nitrogens with zero attached hydrogens (tertiary/aromatic N) is 3. The van der Waals surface area contributed by atoms with Crippen LogP contribution in [0.3, 0.4) is 0 Å². The molecule has 5 nitrogen and oxygen atoms in total. The Bertz CT molecular complexity index is 647. The molecule has 128 valence electrons. The topological polar surface area (TPSA) is 53.5 Å². The van der Waals surface area contributed by atoms with Crippen LogP contribution >= 0.6 is 0 Å². The van der Waals surface area contributed by atoms with Gasteiger partial charge in [0.05, 0.1) is 12.1 Å². The zero-order valence-electron chi connectivity index (χ0n) is 13.7. The highest BCUT2D eigenvalue weighted by atomic mass is 19.1. The van der Waals surface area contributed by atoms with Gasteiger partial charge in [-0.1, -0.05) is 0 Å². The smallest absolute Gasteiger partial charge is 0.260 e. The Morgan fingerprint density at radius 2 is 2.00 bits per heavy atom. The molecule has 3 heterocycles.